The molecule has 3 heterocycles. The number of sulfonamides is 1. The molecule has 2 aromatic rings. The molecule has 2 aromatic heterocycles. The molecule has 0 fully saturated rings. The van der Waals surface area contributed by atoms with E-state index < -0.39 is 21.7 Å². The first-order valence-electron chi connectivity index (χ1n) is 8.51. The SMILES string of the molecule is C[C@@H]1CN(S(=O)(=O)CCC(N)=O)CC=C1c1nc(-c2ccc(F)cn2)[nH]c1Cl. The molecular weight excluding hydrogens is 409 g/mol. The van der Waals surface area contributed by atoms with Crippen molar-refractivity contribution in [1.82, 2.24) is 19.3 Å². The molecule has 0 saturated heterocycles. The predicted octanol–water partition coefficient (Wildman–Crippen LogP) is 1.80. The largest absolute Gasteiger partial charge is 0.370 e. The van der Waals surface area contributed by atoms with Gasteiger partial charge in [0.15, 0.2) is 5.82 Å². The minimum absolute atomic E-state index is 0.147. The lowest BCUT2D eigenvalue weighted by Crippen LogP contribution is -2.40. The Hall–Kier alpha value is -2.30. The van der Waals surface area contributed by atoms with E-state index in [1.54, 1.807) is 6.08 Å². The number of nitrogens with one attached hydrogen (secondary N) is 1. The summed E-state index contributed by atoms with van der Waals surface area (Å²) in [5.74, 6) is -1.21. The van der Waals surface area contributed by atoms with E-state index in [-0.39, 0.29) is 31.2 Å². The molecule has 0 bridgehead atoms. The molecule has 0 aliphatic carbocycles. The van der Waals surface area contributed by atoms with E-state index in [0.717, 1.165) is 11.8 Å². The Labute approximate surface area is 166 Å². The minimum Gasteiger partial charge on any atom is -0.370 e. The topological polar surface area (TPSA) is 122 Å². The summed E-state index contributed by atoms with van der Waals surface area (Å²) in [4.78, 5) is 22.2. The number of rotatable bonds is 6. The van der Waals surface area contributed by atoms with Crippen LogP contribution in [0.25, 0.3) is 17.1 Å². The Morgan fingerprint density at radius 2 is 2.21 bits per heavy atom. The number of hydrogen-bond acceptors (Lipinski definition) is 5. The van der Waals surface area contributed by atoms with Crippen molar-refractivity contribution >= 4 is 33.1 Å². The Kier molecular flexibility index (Phi) is 5.82. The van der Waals surface area contributed by atoms with E-state index >= 15 is 0 Å². The van der Waals surface area contributed by atoms with Crippen molar-refractivity contribution in [3.8, 4) is 11.5 Å². The molecule has 1 atom stereocenters. The standard InChI is InChI=1S/C17H19ClFN5O3S/c1-10-9-24(28(26,27)7-5-14(20)25)6-4-12(10)15-16(18)23-17(22-15)13-3-2-11(19)8-21-13/h2-4,8,10H,5-7,9H2,1H3,(H2,20,25)(H,22,23)/t10-/m1/s1. The van der Waals surface area contributed by atoms with E-state index in [1.165, 1.54) is 16.4 Å². The second-order valence-electron chi connectivity index (χ2n) is 6.52. The number of amides is 1. The molecule has 0 spiro atoms. The molecule has 150 valence electrons. The average Bonchev–Trinajstić information content (AvgIpc) is 3.02. The zero-order chi connectivity index (χ0) is 20.5. The van der Waals surface area contributed by atoms with Crippen LogP contribution in [0.5, 0.6) is 0 Å². The molecule has 8 nitrogen and oxygen atoms in total. The predicted molar refractivity (Wildman–Crippen MR) is 103 cm³/mol. The molecule has 0 saturated carbocycles. The van der Waals surface area contributed by atoms with Crippen LogP contribution in [0.15, 0.2) is 24.4 Å². The number of halogens is 2. The minimum atomic E-state index is -3.59. The van der Waals surface area contributed by atoms with Crippen LogP contribution in [0.3, 0.4) is 0 Å². The first kappa shape index (κ1) is 20.4. The molecule has 1 aliphatic heterocycles. The number of aromatic amines is 1. The number of aromatic nitrogens is 3. The van der Waals surface area contributed by atoms with E-state index in [9.17, 15) is 17.6 Å². The normalized spacial score (nSPS) is 18.1. The Balaban J connectivity index is 1.82. The molecule has 1 amide bonds. The highest BCUT2D eigenvalue weighted by atomic mass is 35.5. The second-order valence-corrected chi connectivity index (χ2v) is 8.99. The molecule has 3 N–H and O–H groups in total. The maximum atomic E-state index is 13.1. The summed E-state index contributed by atoms with van der Waals surface area (Å²) >= 11 is 6.29. The van der Waals surface area contributed by atoms with Gasteiger partial charge in [-0.15, -0.1) is 0 Å². The smallest absolute Gasteiger partial charge is 0.218 e. The number of pyridine rings is 1. The zero-order valence-electron chi connectivity index (χ0n) is 15.0. The third-order valence-electron chi connectivity index (χ3n) is 4.43. The summed E-state index contributed by atoms with van der Waals surface area (Å²) in [7, 11) is -3.59. The van der Waals surface area contributed by atoms with Gasteiger partial charge in [0.1, 0.15) is 22.4 Å². The molecule has 0 radical (unpaired) electrons. The van der Waals surface area contributed by atoms with Crippen LogP contribution in [0, 0.1) is 11.7 Å². The highest BCUT2D eigenvalue weighted by molar-refractivity contribution is 7.89. The van der Waals surface area contributed by atoms with Crippen molar-refractivity contribution in [2.24, 2.45) is 11.7 Å². The van der Waals surface area contributed by atoms with Gasteiger partial charge in [-0.2, -0.15) is 4.31 Å². The van der Waals surface area contributed by atoms with Gasteiger partial charge in [0, 0.05) is 19.5 Å². The van der Waals surface area contributed by atoms with Gasteiger partial charge in [-0.3, -0.25) is 4.79 Å². The number of carbonyl (C=O) groups is 1. The third kappa shape index (κ3) is 4.40. The summed E-state index contributed by atoms with van der Waals surface area (Å²) in [6.45, 7) is 2.25. The summed E-state index contributed by atoms with van der Waals surface area (Å²) < 4.78 is 39.1. The first-order chi connectivity index (χ1) is 13.2. The monoisotopic (exact) mass is 427 g/mol. The van der Waals surface area contributed by atoms with Gasteiger partial charge >= 0.3 is 0 Å². The molecule has 3 rings (SSSR count). The third-order valence-corrected chi connectivity index (χ3v) is 6.50. The zero-order valence-corrected chi connectivity index (χ0v) is 16.6. The summed E-state index contributed by atoms with van der Waals surface area (Å²) in [5, 5.41) is 0.296. The summed E-state index contributed by atoms with van der Waals surface area (Å²) in [5.41, 5.74) is 6.79. The number of carbonyl (C=O) groups excluding carboxylic acids is 1. The van der Waals surface area contributed by atoms with Gasteiger partial charge in [0.25, 0.3) is 0 Å². The van der Waals surface area contributed by atoms with Gasteiger partial charge in [-0.1, -0.05) is 24.6 Å². The van der Waals surface area contributed by atoms with Crippen molar-refractivity contribution in [2.45, 2.75) is 13.3 Å². The lowest BCUT2D eigenvalue weighted by atomic mass is 9.95. The van der Waals surface area contributed by atoms with Crippen molar-refractivity contribution in [1.29, 1.82) is 0 Å². The number of imidazole rings is 1. The van der Waals surface area contributed by atoms with Gasteiger partial charge < -0.3 is 10.7 Å². The maximum Gasteiger partial charge on any atom is 0.218 e. The summed E-state index contributed by atoms with van der Waals surface area (Å²) in [6.07, 6.45) is 2.62. The fourth-order valence-electron chi connectivity index (χ4n) is 2.98. The van der Waals surface area contributed by atoms with Crippen LogP contribution in [0.2, 0.25) is 5.15 Å². The quantitative estimate of drug-likeness (QED) is 0.727. The van der Waals surface area contributed by atoms with Crippen molar-refractivity contribution < 1.29 is 17.6 Å². The van der Waals surface area contributed by atoms with Crippen LogP contribution in [0.4, 0.5) is 4.39 Å². The van der Waals surface area contributed by atoms with Crippen LogP contribution < -0.4 is 5.73 Å². The molecule has 0 unspecified atom stereocenters. The fourth-order valence-corrected chi connectivity index (χ4v) is 4.69. The van der Waals surface area contributed by atoms with Crippen molar-refractivity contribution in [3.63, 3.8) is 0 Å². The molecule has 28 heavy (non-hydrogen) atoms. The van der Waals surface area contributed by atoms with E-state index in [0.29, 0.717) is 22.4 Å². The maximum absolute atomic E-state index is 13.1. The summed E-state index contributed by atoms with van der Waals surface area (Å²) in [6, 6.07) is 2.76. The average molecular weight is 428 g/mol. The van der Waals surface area contributed by atoms with Gasteiger partial charge in [-0.25, -0.2) is 22.8 Å². The van der Waals surface area contributed by atoms with Crippen molar-refractivity contribution in [2.75, 3.05) is 18.8 Å². The highest BCUT2D eigenvalue weighted by Crippen LogP contribution is 2.33. The van der Waals surface area contributed by atoms with Crippen LogP contribution in [0.1, 0.15) is 19.0 Å². The number of nitrogens with two attached hydrogens (primary N) is 1. The number of primary amides is 1. The van der Waals surface area contributed by atoms with E-state index in [1.807, 2.05) is 6.92 Å². The van der Waals surface area contributed by atoms with Crippen LogP contribution >= 0.6 is 11.6 Å². The van der Waals surface area contributed by atoms with Crippen LogP contribution in [-0.4, -0.2) is 52.4 Å². The lowest BCUT2D eigenvalue weighted by molar-refractivity contribution is -0.117. The first-order valence-corrected chi connectivity index (χ1v) is 10.5. The number of nitrogens with zero attached hydrogens (tertiary/aromatic N) is 3. The van der Waals surface area contributed by atoms with Gasteiger partial charge in [0.2, 0.25) is 15.9 Å². The van der Waals surface area contributed by atoms with Crippen LogP contribution in [-0.2, 0) is 14.8 Å². The van der Waals surface area contributed by atoms with Gasteiger partial charge in [-0.05, 0) is 23.6 Å². The number of hydrogen-bond donors (Lipinski definition) is 2. The fraction of sp³-hybridized carbons (Fsp3) is 0.353. The lowest BCUT2D eigenvalue weighted by Gasteiger charge is -2.29. The Morgan fingerprint density at radius 3 is 2.82 bits per heavy atom. The number of H-pyrrole nitrogens is 1. The molecule has 11 heteroatoms. The van der Waals surface area contributed by atoms with Crippen molar-refractivity contribution in [3.05, 3.63) is 41.1 Å². The molecule has 0 aromatic carbocycles. The Morgan fingerprint density at radius 1 is 1.46 bits per heavy atom. The molecular formula is C17H19ClFN5O3S. The van der Waals surface area contributed by atoms with E-state index in [2.05, 4.69) is 15.0 Å². The second kappa shape index (κ2) is 7.98. The van der Waals surface area contributed by atoms with E-state index in [4.69, 9.17) is 17.3 Å². The molecule has 1 aliphatic rings. The Bertz CT molecular complexity index is 1020. The highest BCUT2D eigenvalue weighted by Gasteiger charge is 2.30. The van der Waals surface area contributed by atoms with Gasteiger partial charge in [0.05, 0.1) is 11.9 Å².